The third-order valence-corrected chi connectivity index (χ3v) is 5.65. The highest BCUT2D eigenvalue weighted by atomic mass is 16.2. The molecule has 1 amide bonds. The number of carbonyl (C=O) groups excluding carboxylic acids is 1. The van der Waals surface area contributed by atoms with Gasteiger partial charge in [-0.25, -0.2) is 0 Å². The van der Waals surface area contributed by atoms with E-state index in [-0.39, 0.29) is 0 Å². The highest BCUT2D eigenvalue weighted by Crippen LogP contribution is 2.35. The Morgan fingerprint density at radius 3 is 3.00 bits per heavy atom. The molecule has 1 aromatic heterocycles. The van der Waals surface area contributed by atoms with Crippen LogP contribution in [0.15, 0.2) is 36.5 Å². The predicted octanol–water partition coefficient (Wildman–Crippen LogP) is 3.63. The van der Waals surface area contributed by atoms with E-state index in [0.29, 0.717) is 24.2 Å². The fraction of sp³-hybridized carbons (Fsp3) is 0.500. The quantitative estimate of drug-likeness (QED) is 0.938. The monoisotopic (exact) mass is 323 g/mol. The minimum Gasteiger partial charge on any atom is -0.342 e. The number of nitrogens with zero attached hydrogens (tertiary/aromatic N) is 2. The Balaban J connectivity index is 1.43. The van der Waals surface area contributed by atoms with E-state index in [1.165, 1.54) is 17.5 Å². The van der Waals surface area contributed by atoms with Crippen LogP contribution in [0.3, 0.4) is 0 Å². The number of aryl methyl sites for hydroxylation is 1. The molecule has 0 saturated carbocycles. The van der Waals surface area contributed by atoms with E-state index < -0.39 is 0 Å². The van der Waals surface area contributed by atoms with Gasteiger partial charge in [-0.15, -0.1) is 0 Å². The summed E-state index contributed by atoms with van der Waals surface area (Å²) >= 11 is 0. The molecule has 1 fully saturated rings. The molecule has 1 aromatic carbocycles. The van der Waals surface area contributed by atoms with Crippen LogP contribution >= 0.6 is 0 Å². The summed E-state index contributed by atoms with van der Waals surface area (Å²) in [5, 5.41) is 7.13. The fourth-order valence-electron chi connectivity index (χ4n) is 4.36. The number of likely N-dealkylation sites (tertiary alicyclic amines) is 1. The summed E-state index contributed by atoms with van der Waals surface area (Å²) in [5.74, 6) is 1.12. The molecule has 2 atom stereocenters. The number of benzene rings is 1. The van der Waals surface area contributed by atoms with E-state index in [2.05, 4.69) is 39.4 Å². The second-order valence-electron chi connectivity index (χ2n) is 7.18. The average Bonchev–Trinajstić information content (AvgIpc) is 3.17. The number of aromatic nitrogens is 2. The van der Waals surface area contributed by atoms with Crippen molar-refractivity contribution in [1.82, 2.24) is 15.1 Å². The van der Waals surface area contributed by atoms with E-state index in [9.17, 15) is 4.79 Å². The number of piperidine rings is 1. The number of aromatic amines is 1. The topological polar surface area (TPSA) is 49.0 Å². The molecule has 4 nitrogen and oxygen atoms in total. The van der Waals surface area contributed by atoms with Crippen LogP contribution < -0.4 is 0 Å². The zero-order valence-corrected chi connectivity index (χ0v) is 14.1. The number of hydrogen-bond donors (Lipinski definition) is 1. The summed E-state index contributed by atoms with van der Waals surface area (Å²) in [6.45, 7) is 1.73. The van der Waals surface area contributed by atoms with E-state index in [4.69, 9.17) is 0 Å². The first-order valence-corrected chi connectivity index (χ1v) is 9.16. The number of nitrogens with one attached hydrogen (secondary N) is 1. The fourth-order valence-corrected chi connectivity index (χ4v) is 4.36. The normalized spacial score (nSPS) is 23.8. The van der Waals surface area contributed by atoms with Gasteiger partial charge in [0.05, 0.1) is 0 Å². The molecule has 1 aliphatic heterocycles. The Bertz CT molecular complexity index is 695. The first-order chi connectivity index (χ1) is 11.8. The molecule has 0 bridgehead atoms. The van der Waals surface area contributed by atoms with Crippen LogP contribution in [-0.4, -0.2) is 34.1 Å². The highest BCUT2D eigenvalue weighted by Gasteiger charge is 2.28. The molecule has 2 aromatic rings. The lowest BCUT2D eigenvalue weighted by Gasteiger charge is -2.34. The van der Waals surface area contributed by atoms with Crippen molar-refractivity contribution < 1.29 is 4.79 Å². The van der Waals surface area contributed by atoms with Crippen molar-refractivity contribution in [2.24, 2.45) is 0 Å². The molecular formula is C20H25N3O. The average molecular weight is 323 g/mol. The Labute approximate surface area is 143 Å². The maximum Gasteiger partial charge on any atom is 0.223 e. The molecule has 4 rings (SSSR count). The Hall–Kier alpha value is -2.10. The molecule has 1 N–H and O–H groups in total. The van der Waals surface area contributed by atoms with Crippen LogP contribution in [0.4, 0.5) is 0 Å². The van der Waals surface area contributed by atoms with Gasteiger partial charge in [0.1, 0.15) is 0 Å². The number of amides is 1. The lowest BCUT2D eigenvalue weighted by Crippen LogP contribution is -2.40. The summed E-state index contributed by atoms with van der Waals surface area (Å²) in [6, 6.07) is 10.7. The lowest BCUT2D eigenvalue weighted by atomic mass is 9.80. The Morgan fingerprint density at radius 1 is 1.21 bits per heavy atom. The zero-order valence-electron chi connectivity index (χ0n) is 14.1. The van der Waals surface area contributed by atoms with E-state index in [1.54, 1.807) is 6.20 Å². The maximum absolute atomic E-state index is 12.9. The van der Waals surface area contributed by atoms with Crippen LogP contribution in [0.1, 0.15) is 60.8 Å². The minimum atomic E-state index is 0.320. The van der Waals surface area contributed by atoms with E-state index in [0.717, 1.165) is 44.5 Å². The van der Waals surface area contributed by atoms with E-state index >= 15 is 0 Å². The van der Waals surface area contributed by atoms with Crippen molar-refractivity contribution in [3.8, 4) is 0 Å². The number of fused-ring (bicyclic) bond motifs is 1. The van der Waals surface area contributed by atoms with Crippen molar-refractivity contribution in [3.05, 3.63) is 53.3 Å². The van der Waals surface area contributed by atoms with Gasteiger partial charge in [-0.1, -0.05) is 24.3 Å². The maximum atomic E-state index is 12.9. The van der Waals surface area contributed by atoms with Crippen LogP contribution in [-0.2, 0) is 11.2 Å². The van der Waals surface area contributed by atoms with Gasteiger partial charge in [-0.2, -0.15) is 5.10 Å². The van der Waals surface area contributed by atoms with Gasteiger partial charge in [0, 0.05) is 37.3 Å². The van der Waals surface area contributed by atoms with Gasteiger partial charge in [-0.05, 0) is 55.2 Å². The number of rotatable bonds is 3. The van der Waals surface area contributed by atoms with Gasteiger partial charge in [0.25, 0.3) is 0 Å². The first kappa shape index (κ1) is 15.4. The zero-order chi connectivity index (χ0) is 16.4. The largest absolute Gasteiger partial charge is 0.342 e. The smallest absolute Gasteiger partial charge is 0.223 e. The highest BCUT2D eigenvalue weighted by molar-refractivity contribution is 5.77. The summed E-state index contributed by atoms with van der Waals surface area (Å²) in [7, 11) is 0. The third kappa shape index (κ3) is 3.10. The van der Waals surface area contributed by atoms with Gasteiger partial charge in [-0.3, -0.25) is 9.89 Å². The third-order valence-electron chi connectivity index (χ3n) is 5.65. The summed E-state index contributed by atoms with van der Waals surface area (Å²) < 4.78 is 0. The molecule has 0 unspecified atom stereocenters. The van der Waals surface area contributed by atoms with Crippen LogP contribution in [0.5, 0.6) is 0 Å². The van der Waals surface area contributed by atoms with Crippen molar-refractivity contribution in [3.63, 3.8) is 0 Å². The number of H-pyrrole nitrogens is 1. The SMILES string of the molecule is O=C(C[C@@H]1CCCc2ccccc21)N1CCC[C@H](c2ccn[nH]2)C1. The van der Waals surface area contributed by atoms with Gasteiger partial charge >= 0.3 is 0 Å². The van der Waals surface area contributed by atoms with Gasteiger partial charge in [0.2, 0.25) is 5.91 Å². The molecular weight excluding hydrogens is 298 g/mol. The Morgan fingerprint density at radius 2 is 2.12 bits per heavy atom. The molecule has 126 valence electrons. The lowest BCUT2D eigenvalue weighted by molar-refractivity contribution is -0.132. The number of carbonyl (C=O) groups is 1. The molecule has 4 heteroatoms. The second kappa shape index (κ2) is 6.80. The minimum absolute atomic E-state index is 0.320. The summed E-state index contributed by atoms with van der Waals surface area (Å²) in [5.41, 5.74) is 4.00. The van der Waals surface area contributed by atoms with Crippen molar-refractivity contribution in [2.45, 2.75) is 50.4 Å². The molecule has 1 saturated heterocycles. The second-order valence-corrected chi connectivity index (χ2v) is 7.18. The van der Waals surface area contributed by atoms with Crippen molar-refractivity contribution >= 4 is 5.91 Å². The summed E-state index contributed by atoms with van der Waals surface area (Å²) in [6.07, 6.45) is 8.18. The molecule has 1 aliphatic carbocycles. The van der Waals surface area contributed by atoms with E-state index in [1.807, 2.05) is 6.07 Å². The van der Waals surface area contributed by atoms with Crippen molar-refractivity contribution in [2.75, 3.05) is 13.1 Å². The van der Waals surface area contributed by atoms with Gasteiger partial charge in [0.15, 0.2) is 0 Å². The molecule has 2 aliphatic rings. The van der Waals surface area contributed by atoms with Crippen LogP contribution in [0, 0.1) is 0 Å². The van der Waals surface area contributed by atoms with Crippen LogP contribution in [0.2, 0.25) is 0 Å². The number of hydrogen-bond acceptors (Lipinski definition) is 2. The molecule has 0 radical (unpaired) electrons. The van der Waals surface area contributed by atoms with Crippen LogP contribution in [0.25, 0.3) is 0 Å². The summed E-state index contributed by atoms with van der Waals surface area (Å²) in [4.78, 5) is 15.0. The molecule has 0 spiro atoms. The first-order valence-electron chi connectivity index (χ1n) is 9.16. The Kier molecular flexibility index (Phi) is 4.37. The molecule has 24 heavy (non-hydrogen) atoms. The predicted molar refractivity (Wildman–Crippen MR) is 93.9 cm³/mol. The van der Waals surface area contributed by atoms with Gasteiger partial charge < -0.3 is 4.90 Å². The van der Waals surface area contributed by atoms with Crippen molar-refractivity contribution in [1.29, 1.82) is 0 Å². The molecule has 2 heterocycles. The standard InChI is InChI=1S/C20H25N3O/c24-20(13-16-7-3-6-15-5-1-2-9-18(15)16)23-12-4-8-17(14-23)19-10-11-21-22-19/h1-2,5,9-11,16-17H,3-4,6-8,12-14H2,(H,21,22)/t16-,17-/m0/s1.